The van der Waals surface area contributed by atoms with Crippen LogP contribution in [0, 0.1) is 0 Å². The van der Waals surface area contributed by atoms with Gasteiger partial charge in [0.25, 0.3) is 0 Å². The Kier molecular flexibility index (Phi) is 40.3. The van der Waals surface area contributed by atoms with E-state index in [0.717, 1.165) is 173 Å². The molecule has 588 valence electrons. The Labute approximate surface area is 642 Å². The number of hydrogen-bond donors (Lipinski definition) is 6. The van der Waals surface area contributed by atoms with Gasteiger partial charge in [0.15, 0.2) is 51.7 Å². The molecular weight excluding hydrogens is 1360 g/mol. The van der Waals surface area contributed by atoms with Crippen LogP contribution in [0.4, 0.5) is 0 Å². The van der Waals surface area contributed by atoms with E-state index in [-0.39, 0.29) is 48.9 Å². The minimum atomic E-state index is -0.469. The molecule has 0 aliphatic heterocycles. The van der Waals surface area contributed by atoms with Crippen molar-refractivity contribution in [1.29, 1.82) is 0 Å². The summed E-state index contributed by atoms with van der Waals surface area (Å²) in [6.45, 7) is 15.7. The number of phenols is 6. The van der Waals surface area contributed by atoms with Gasteiger partial charge < -0.3 is 59.1 Å². The molecule has 0 unspecified atom stereocenters. The van der Waals surface area contributed by atoms with E-state index >= 15 is 0 Å². The number of phenolic OH excluding ortho intramolecular Hbond substituents is 6. The highest BCUT2D eigenvalue weighted by Gasteiger charge is 2.16. The average Bonchev–Trinajstić information content (AvgIpc) is 0.814. The maximum atomic E-state index is 11.9. The van der Waals surface area contributed by atoms with Crippen molar-refractivity contribution in [1.82, 2.24) is 29.9 Å². The number of ether oxygens (including phenoxy) is 6. The van der Waals surface area contributed by atoms with Gasteiger partial charge in [-0.15, -0.1) is 0 Å². The summed E-state index contributed by atoms with van der Waals surface area (Å²) in [7, 11) is 0. The number of hydrogen-bond acceptors (Lipinski definition) is 18. The number of nitrogens with zero attached hydrogens (tertiary/aromatic N) is 6. The van der Waals surface area contributed by atoms with Crippen LogP contribution < -0.4 is 28.4 Å². The highest BCUT2D eigenvalue weighted by Crippen LogP contribution is 2.39. The van der Waals surface area contributed by atoms with Crippen molar-refractivity contribution >= 4 is 65.4 Å². The van der Waals surface area contributed by atoms with Gasteiger partial charge in [-0.25, -0.2) is 15.0 Å². The molecular formula is C90H126N6O12. The zero-order valence-corrected chi connectivity index (χ0v) is 65.9. The SMILES string of the molecule is CCCCCCCCOc1cc(OCCCCCCCC)c2ncc3ccc(cnc4cc(OCCCCCCCC)cc(OCCCCCCCC)c4ncc4ccc(cnc5cc(OCCCCCCCC)cc(OCCCCCCCC)c5ncc5ccc(cnc2c1)c(O)c5O)c(O)c4O)c(O)c3O. The summed E-state index contributed by atoms with van der Waals surface area (Å²) in [6.07, 6.45) is 46.8. The highest BCUT2D eigenvalue weighted by molar-refractivity contribution is 5.88. The molecule has 4 aromatic heterocycles. The summed E-state index contributed by atoms with van der Waals surface area (Å²) < 4.78 is 39.2. The molecule has 4 heterocycles. The van der Waals surface area contributed by atoms with Crippen molar-refractivity contribution in [2.24, 2.45) is 0 Å². The van der Waals surface area contributed by atoms with Gasteiger partial charge in [0, 0.05) is 106 Å². The minimum Gasteiger partial charge on any atom is -0.504 e. The zero-order valence-electron chi connectivity index (χ0n) is 65.9. The summed E-state index contributed by atoms with van der Waals surface area (Å²) in [5.41, 5.74) is 1.75. The number of benzene rings is 6. The predicted molar refractivity (Wildman–Crippen MR) is 441 cm³/mol. The van der Waals surface area contributed by atoms with Gasteiger partial charge in [0.05, 0.1) is 56.2 Å². The van der Waals surface area contributed by atoms with Gasteiger partial charge in [0.1, 0.15) is 33.8 Å². The number of fused-ring (bicyclic) bond motifs is 3. The van der Waals surface area contributed by atoms with Crippen LogP contribution >= 0.6 is 0 Å². The first-order valence-electron chi connectivity index (χ1n) is 41.1. The monoisotopic (exact) mass is 1480 g/mol. The van der Waals surface area contributed by atoms with Crippen molar-refractivity contribution < 1.29 is 59.1 Å². The van der Waals surface area contributed by atoms with Crippen molar-refractivity contribution in [3.63, 3.8) is 0 Å². The van der Waals surface area contributed by atoms with E-state index in [9.17, 15) is 30.6 Å². The Hall–Kier alpha value is -9.06. The first kappa shape index (κ1) is 86.2. The number of aromatic hydroxyl groups is 6. The molecule has 0 atom stereocenters. The van der Waals surface area contributed by atoms with E-state index < -0.39 is 34.5 Å². The second kappa shape index (κ2) is 50.5. The van der Waals surface area contributed by atoms with Gasteiger partial charge in [-0.3, -0.25) is 15.0 Å². The molecule has 0 saturated heterocycles. The fraction of sp³-hybridized carbons (Fsp3) is 0.533. The number of rotatable bonds is 48. The van der Waals surface area contributed by atoms with Crippen LogP contribution in [0.25, 0.3) is 65.4 Å². The van der Waals surface area contributed by atoms with Gasteiger partial charge >= 0.3 is 0 Å². The molecule has 18 nitrogen and oxygen atoms in total. The molecule has 108 heavy (non-hydrogen) atoms. The van der Waals surface area contributed by atoms with Crippen LogP contribution in [0.3, 0.4) is 0 Å². The standard InChI is InChI=1S/C90H126N6O12/c1-7-13-19-25-31-37-49-103-73-55-76-82(79(58-73)106-52-40-34-28-22-16-10-4)94-64-70-47-44-68(86(98)88(70)100)62-92-78-57-75(105-51-39-33-27-21-15-9-3)60-81(108-54-42-36-30-24-18-12-6)84(78)96-66-72-48-45-69(87(99)90(72)102)63-93-77-56-74(104-50-38-32-26-20-14-8-2)59-80(107-53-41-35-29-23-17-11-5)83(77)95-65-71-46-43-67(61-91-76)85(97)89(71)101/h43-48,55-66,97-102H,7-42,49-54H2,1-6H3. The molecule has 0 aliphatic rings. The lowest BCUT2D eigenvalue weighted by Gasteiger charge is -2.12. The molecule has 10 aromatic rings. The Morgan fingerprint density at radius 3 is 0.593 bits per heavy atom. The second-order valence-corrected chi connectivity index (χ2v) is 28.4. The summed E-state index contributed by atoms with van der Waals surface area (Å²) in [4.78, 5) is 29.7. The first-order valence-corrected chi connectivity index (χ1v) is 41.1. The van der Waals surface area contributed by atoms with Crippen molar-refractivity contribution in [2.75, 3.05) is 39.6 Å². The molecule has 0 spiro atoms. The van der Waals surface area contributed by atoms with E-state index in [4.69, 9.17) is 58.3 Å². The number of unbranched alkanes of at least 4 members (excludes halogenated alkanes) is 30. The third-order valence-corrected chi connectivity index (χ3v) is 19.3. The zero-order chi connectivity index (χ0) is 76.8. The largest absolute Gasteiger partial charge is 0.504 e. The fourth-order valence-corrected chi connectivity index (χ4v) is 12.7. The topological polar surface area (TPSA) is 254 Å². The fourth-order valence-electron chi connectivity index (χ4n) is 12.7. The highest BCUT2D eigenvalue weighted by atomic mass is 16.5. The van der Waals surface area contributed by atoms with Gasteiger partial charge in [-0.1, -0.05) is 234 Å². The van der Waals surface area contributed by atoms with Gasteiger partial charge in [-0.05, 0) is 74.9 Å². The maximum Gasteiger partial charge on any atom is 0.167 e. The second-order valence-electron chi connectivity index (χ2n) is 28.4. The van der Waals surface area contributed by atoms with Crippen molar-refractivity contribution in [3.05, 3.63) is 110 Å². The van der Waals surface area contributed by atoms with E-state index in [1.165, 1.54) is 95.0 Å². The Balaban J connectivity index is 1.54. The molecule has 10 rings (SSSR count). The van der Waals surface area contributed by atoms with E-state index in [0.29, 0.717) is 90.7 Å². The maximum absolute atomic E-state index is 11.9. The predicted octanol–water partition coefficient (Wildman–Crippen LogP) is 24.7. The van der Waals surface area contributed by atoms with Gasteiger partial charge in [0.2, 0.25) is 0 Å². The lowest BCUT2D eigenvalue weighted by molar-refractivity contribution is 0.291. The van der Waals surface area contributed by atoms with Crippen LogP contribution in [0.15, 0.2) is 110 Å². The summed E-state index contributed by atoms with van der Waals surface area (Å²) in [6, 6.07) is 20.4. The first-order chi connectivity index (χ1) is 52.9. The third-order valence-electron chi connectivity index (χ3n) is 19.3. The number of aromatic nitrogens is 6. The van der Waals surface area contributed by atoms with Crippen LogP contribution in [-0.2, 0) is 0 Å². The summed E-state index contributed by atoms with van der Waals surface area (Å²) >= 11 is 0. The molecule has 6 N–H and O–H groups in total. The average molecular weight is 1480 g/mol. The molecule has 6 bridgehead atoms. The normalized spacial score (nSPS) is 11.2. The molecule has 0 fully saturated rings. The smallest absolute Gasteiger partial charge is 0.167 e. The molecule has 6 aromatic carbocycles. The molecule has 0 amide bonds. The summed E-state index contributed by atoms with van der Waals surface area (Å²) in [5, 5.41) is 72.6. The molecule has 18 heteroatoms. The molecule has 0 radical (unpaired) electrons. The van der Waals surface area contributed by atoms with Crippen LogP contribution in [0.2, 0.25) is 0 Å². The summed E-state index contributed by atoms with van der Waals surface area (Å²) in [5.74, 6) is -0.203. The van der Waals surface area contributed by atoms with Gasteiger partial charge in [-0.2, -0.15) is 0 Å². The Morgan fingerprint density at radius 1 is 0.213 bits per heavy atom. The lowest BCUT2D eigenvalue weighted by atomic mass is 10.1. The third kappa shape index (κ3) is 29.5. The van der Waals surface area contributed by atoms with E-state index in [1.54, 1.807) is 72.8 Å². The molecule has 0 aliphatic carbocycles. The van der Waals surface area contributed by atoms with Crippen LogP contribution in [0.1, 0.15) is 273 Å². The van der Waals surface area contributed by atoms with E-state index in [1.807, 2.05) is 0 Å². The lowest BCUT2D eigenvalue weighted by Crippen LogP contribution is -2.01. The van der Waals surface area contributed by atoms with Crippen molar-refractivity contribution in [2.45, 2.75) is 273 Å². The quantitative estimate of drug-likeness (QED) is 0.0153. The Bertz CT molecular complexity index is 3770. The van der Waals surface area contributed by atoms with Crippen LogP contribution in [-0.4, -0.2) is 100 Å². The minimum absolute atomic E-state index is 0.168. The van der Waals surface area contributed by atoms with E-state index in [2.05, 4.69) is 41.5 Å². The Morgan fingerprint density at radius 2 is 0.389 bits per heavy atom. The molecule has 0 saturated carbocycles. The van der Waals surface area contributed by atoms with Crippen molar-refractivity contribution in [3.8, 4) is 69.0 Å². The van der Waals surface area contributed by atoms with Crippen LogP contribution in [0.5, 0.6) is 69.0 Å².